The molecule has 0 aliphatic carbocycles. The van der Waals surface area contributed by atoms with E-state index in [1.165, 1.54) is 0 Å². The second kappa shape index (κ2) is 5.99. The quantitative estimate of drug-likeness (QED) is 0.474. The Balaban J connectivity index is 2.32. The molecule has 0 heterocycles. The molecule has 0 saturated carbocycles. The molecule has 20 heavy (non-hydrogen) atoms. The first kappa shape index (κ1) is 13.8. The van der Waals surface area contributed by atoms with Crippen molar-refractivity contribution in [2.24, 2.45) is 0 Å². The van der Waals surface area contributed by atoms with Crippen LogP contribution in [0.25, 0.3) is 6.08 Å². The lowest BCUT2D eigenvalue weighted by Gasteiger charge is -2.01. The summed E-state index contributed by atoms with van der Waals surface area (Å²) in [5, 5.41) is 9.19. The van der Waals surface area contributed by atoms with Crippen LogP contribution in [-0.2, 0) is 0 Å². The number of ketones is 1. The standard InChI is InChI=1S/C18H15NO/c1-13-3-7-15(8-4-13)11-17(12-19)18(20)16-9-5-14(2)6-10-16/h3-11H,1-2H3/b17-11-. The van der Waals surface area contributed by atoms with Gasteiger partial charge in [0, 0.05) is 5.56 Å². The Kier molecular flexibility index (Phi) is 4.12. The van der Waals surface area contributed by atoms with E-state index >= 15 is 0 Å². The summed E-state index contributed by atoms with van der Waals surface area (Å²) >= 11 is 0. The van der Waals surface area contributed by atoms with Gasteiger partial charge in [-0.05, 0) is 25.5 Å². The first-order valence-electron chi connectivity index (χ1n) is 6.40. The van der Waals surface area contributed by atoms with Crippen molar-refractivity contribution in [2.45, 2.75) is 13.8 Å². The minimum absolute atomic E-state index is 0.151. The number of hydrogen-bond acceptors (Lipinski definition) is 2. The molecule has 98 valence electrons. The molecule has 2 aromatic rings. The minimum Gasteiger partial charge on any atom is -0.288 e. The molecule has 0 unspecified atom stereocenters. The third kappa shape index (κ3) is 3.21. The van der Waals surface area contributed by atoms with Crippen molar-refractivity contribution in [3.8, 4) is 6.07 Å². The molecule has 0 amide bonds. The largest absolute Gasteiger partial charge is 0.288 e. The molecular weight excluding hydrogens is 246 g/mol. The van der Waals surface area contributed by atoms with E-state index in [0.717, 1.165) is 16.7 Å². The Morgan fingerprint density at radius 2 is 1.45 bits per heavy atom. The molecular formula is C18H15NO. The van der Waals surface area contributed by atoms with Crippen LogP contribution >= 0.6 is 0 Å². The van der Waals surface area contributed by atoms with Gasteiger partial charge < -0.3 is 0 Å². The number of hydrogen-bond donors (Lipinski definition) is 0. The zero-order valence-electron chi connectivity index (χ0n) is 11.6. The lowest BCUT2D eigenvalue weighted by Crippen LogP contribution is -2.01. The van der Waals surface area contributed by atoms with Gasteiger partial charge in [0.1, 0.15) is 11.6 Å². The second-order valence-electron chi connectivity index (χ2n) is 4.78. The maximum Gasteiger partial charge on any atom is 0.203 e. The molecule has 0 bridgehead atoms. The predicted octanol–water partition coefficient (Wildman–Crippen LogP) is 4.09. The van der Waals surface area contributed by atoms with E-state index in [-0.39, 0.29) is 11.4 Å². The van der Waals surface area contributed by atoms with Crippen LogP contribution in [0, 0.1) is 25.2 Å². The van der Waals surface area contributed by atoms with Gasteiger partial charge in [0.05, 0.1) is 0 Å². The van der Waals surface area contributed by atoms with Crippen molar-refractivity contribution in [1.82, 2.24) is 0 Å². The molecule has 0 atom stereocenters. The van der Waals surface area contributed by atoms with E-state index in [0.29, 0.717) is 5.56 Å². The molecule has 0 aliphatic rings. The topological polar surface area (TPSA) is 40.9 Å². The van der Waals surface area contributed by atoms with Gasteiger partial charge >= 0.3 is 0 Å². The summed E-state index contributed by atoms with van der Waals surface area (Å²) in [7, 11) is 0. The number of nitrogens with zero attached hydrogens (tertiary/aromatic N) is 1. The molecule has 0 N–H and O–H groups in total. The van der Waals surface area contributed by atoms with Crippen LogP contribution in [0.2, 0.25) is 0 Å². The fourth-order valence-electron chi connectivity index (χ4n) is 1.84. The second-order valence-corrected chi connectivity index (χ2v) is 4.78. The molecule has 0 saturated heterocycles. The Morgan fingerprint density at radius 1 is 0.950 bits per heavy atom. The predicted molar refractivity (Wildman–Crippen MR) is 80.3 cm³/mol. The van der Waals surface area contributed by atoms with E-state index in [4.69, 9.17) is 0 Å². The van der Waals surface area contributed by atoms with E-state index in [1.807, 2.05) is 56.3 Å². The van der Waals surface area contributed by atoms with E-state index in [1.54, 1.807) is 18.2 Å². The highest BCUT2D eigenvalue weighted by Gasteiger charge is 2.11. The Morgan fingerprint density at radius 3 is 1.95 bits per heavy atom. The van der Waals surface area contributed by atoms with Crippen LogP contribution in [0.1, 0.15) is 27.0 Å². The van der Waals surface area contributed by atoms with Crippen LogP contribution in [0.5, 0.6) is 0 Å². The highest BCUT2D eigenvalue weighted by atomic mass is 16.1. The van der Waals surface area contributed by atoms with Gasteiger partial charge in [-0.2, -0.15) is 5.26 Å². The lowest BCUT2D eigenvalue weighted by molar-refractivity contribution is 0.104. The summed E-state index contributed by atoms with van der Waals surface area (Å²) in [6, 6.07) is 16.9. The number of aryl methyl sites for hydroxylation is 2. The maximum atomic E-state index is 12.3. The Hall–Kier alpha value is -2.66. The monoisotopic (exact) mass is 261 g/mol. The van der Waals surface area contributed by atoms with E-state index < -0.39 is 0 Å². The average molecular weight is 261 g/mol. The molecule has 0 radical (unpaired) electrons. The fraction of sp³-hybridized carbons (Fsp3) is 0.111. The highest BCUT2D eigenvalue weighted by Crippen LogP contribution is 2.14. The SMILES string of the molecule is Cc1ccc(/C=C(/C#N)C(=O)c2ccc(C)cc2)cc1. The van der Waals surface area contributed by atoms with Crippen molar-refractivity contribution in [1.29, 1.82) is 5.26 Å². The zero-order valence-corrected chi connectivity index (χ0v) is 11.6. The van der Waals surface area contributed by atoms with Crippen LogP contribution in [-0.4, -0.2) is 5.78 Å². The van der Waals surface area contributed by atoms with Crippen molar-refractivity contribution in [3.63, 3.8) is 0 Å². The normalized spacial score (nSPS) is 10.9. The van der Waals surface area contributed by atoms with E-state index in [2.05, 4.69) is 0 Å². The fourth-order valence-corrected chi connectivity index (χ4v) is 1.84. The van der Waals surface area contributed by atoms with Crippen molar-refractivity contribution in [2.75, 3.05) is 0 Å². The van der Waals surface area contributed by atoms with Gasteiger partial charge in [0.15, 0.2) is 0 Å². The third-order valence-corrected chi connectivity index (χ3v) is 3.07. The molecule has 2 rings (SSSR count). The lowest BCUT2D eigenvalue weighted by atomic mass is 10.0. The van der Waals surface area contributed by atoms with Crippen LogP contribution in [0.15, 0.2) is 54.1 Å². The average Bonchev–Trinajstić information content (AvgIpc) is 2.47. The first-order chi connectivity index (χ1) is 9.60. The summed E-state index contributed by atoms with van der Waals surface area (Å²) in [6.45, 7) is 3.96. The molecule has 2 heteroatoms. The molecule has 0 spiro atoms. The smallest absolute Gasteiger partial charge is 0.203 e. The Bertz CT molecular complexity index is 686. The summed E-state index contributed by atoms with van der Waals surface area (Å²) in [6.07, 6.45) is 1.63. The number of Topliss-reactive ketones (excluding diaryl/α,β-unsaturated/α-hetero) is 1. The molecule has 0 aliphatic heterocycles. The van der Waals surface area contributed by atoms with Gasteiger partial charge in [0.25, 0.3) is 0 Å². The first-order valence-corrected chi connectivity index (χ1v) is 6.40. The van der Waals surface area contributed by atoms with Crippen molar-refractivity contribution < 1.29 is 4.79 Å². The number of allylic oxidation sites excluding steroid dienone is 1. The summed E-state index contributed by atoms with van der Waals surface area (Å²) < 4.78 is 0. The summed E-state index contributed by atoms with van der Waals surface area (Å²) in [5.41, 5.74) is 3.77. The van der Waals surface area contributed by atoms with Gasteiger partial charge in [-0.3, -0.25) is 4.79 Å². The minimum atomic E-state index is -0.243. The van der Waals surface area contributed by atoms with Crippen molar-refractivity contribution in [3.05, 3.63) is 76.4 Å². The zero-order chi connectivity index (χ0) is 14.5. The van der Waals surface area contributed by atoms with E-state index in [9.17, 15) is 10.1 Å². The van der Waals surface area contributed by atoms with Crippen molar-refractivity contribution >= 4 is 11.9 Å². The number of benzene rings is 2. The van der Waals surface area contributed by atoms with Gasteiger partial charge in [-0.15, -0.1) is 0 Å². The van der Waals surface area contributed by atoms with Crippen LogP contribution in [0.4, 0.5) is 0 Å². The number of carbonyl (C=O) groups excluding carboxylic acids is 1. The van der Waals surface area contributed by atoms with Gasteiger partial charge in [0.2, 0.25) is 5.78 Å². The number of rotatable bonds is 3. The van der Waals surface area contributed by atoms with Crippen LogP contribution < -0.4 is 0 Å². The molecule has 0 fully saturated rings. The Labute approximate surface area is 119 Å². The maximum absolute atomic E-state index is 12.3. The third-order valence-electron chi connectivity index (χ3n) is 3.07. The molecule has 2 nitrogen and oxygen atoms in total. The van der Waals surface area contributed by atoms with Gasteiger partial charge in [-0.1, -0.05) is 59.7 Å². The van der Waals surface area contributed by atoms with Gasteiger partial charge in [-0.25, -0.2) is 0 Å². The van der Waals surface area contributed by atoms with Crippen LogP contribution in [0.3, 0.4) is 0 Å². The summed E-state index contributed by atoms with van der Waals surface area (Å²) in [5.74, 6) is -0.243. The highest BCUT2D eigenvalue weighted by molar-refractivity contribution is 6.14. The number of nitriles is 1. The summed E-state index contributed by atoms with van der Waals surface area (Å²) in [4.78, 5) is 12.3. The molecule has 0 aromatic heterocycles. The molecule has 2 aromatic carbocycles. The number of carbonyl (C=O) groups is 1.